The minimum absolute atomic E-state index is 0.123. The van der Waals surface area contributed by atoms with Gasteiger partial charge in [0, 0.05) is 23.3 Å². The number of aromatic nitrogens is 1. The first-order chi connectivity index (χ1) is 8.84. The van der Waals surface area contributed by atoms with Gasteiger partial charge in [-0.2, -0.15) is 11.8 Å². The summed E-state index contributed by atoms with van der Waals surface area (Å²) in [5.74, 6) is 2.29. The van der Waals surface area contributed by atoms with Gasteiger partial charge in [-0.05, 0) is 24.3 Å². The lowest BCUT2D eigenvalue weighted by atomic mass is 10.1. The van der Waals surface area contributed by atoms with E-state index in [1.54, 1.807) is 6.20 Å². The van der Waals surface area contributed by atoms with Crippen LogP contribution in [0.3, 0.4) is 0 Å². The van der Waals surface area contributed by atoms with E-state index >= 15 is 0 Å². The molecule has 1 atom stereocenters. The fourth-order valence-corrected chi connectivity index (χ4v) is 3.40. The van der Waals surface area contributed by atoms with Crippen molar-refractivity contribution in [3.63, 3.8) is 0 Å². The Morgan fingerprint density at radius 3 is 3.06 bits per heavy atom. The van der Waals surface area contributed by atoms with Gasteiger partial charge in [0.2, 0.25) is 5.91 Å². The molecule has 1 aliphatic rings. The van der Waals surface area contributed by atoms with Crippen LogP contribution in [0.15, 0.2) is 36.5 Å². The summed E-state index contributed by atoms with van der Waals surface area (Å²) in [6.07, 6.45) is 2.73. The summed E-state index contributed by atoms with van der Waals surface area (Å²) in [4.78, 5) is 16.4. The van der Waals surface area contributed by atoms with Crippen molar-refractivity contribution >= 4 is 34.3 Å². The first-order valence-electron chi connectivity index (χ1n) is 6.07. The molecule has 1 fully saturated rings. The Kier molecular flexibility index (Phi) is 3.19. The molecule has 1 unspecified atom stereocenters. The van der Waals surface area contributed by atoms with Gasteiger partial charge < -0.3 is 5.32 Å². The molecule has 3 nitrogen and oxygen atoms in total. The minimum Gasteiger partial charge on any atom is -0.324 e. The van der Waals surface area contributed by atoms with Crippen molar-refractivity contribution in [1.82, 2.24) is 4.98 Å². The fraction of sp³-hybridized carbons (Fsp3) is 0.286. The van der Waals surface area contributed by atoms with Gasteiger partial charge >= 0.3 is 0 Å². The molecule has 0 radical (unpaired) electrons. The minimum atomic E-state index is 0.123. The lowest BCUT2D eigenvalue weighted by Crippen LogP contribution is -2.22. The first-order valence-corrected chi connectivity index (χ1v) is 7.22. The van der Waals surface area contributed by atoms with Crippen molar-refractivity contribution in [3.8, 4) is 0 Å². The van der Waals surface area contributed by atoms with Gasteiger partial charge in [-0.25, -0.2) is 0 Å². The van der Waals surface area contributed by atoms with Gasteiger partial charge in [-0.1, -0.05) is 18.2 Å². The number of amides is 1. The van der Waals surface area contributed by atoms with Crippen molar-refractivity contribution < 1.29 is 4.79 Å². The van der Waals surface area contributed by atoms with Crippen LogP contribution < -0.4 is 5.32 Å². The Bertz CT molecular complexity index is 574. The lowest BCUT2D eigenvalue weighted by Gasteiger charge is -2.11. The van der Waals surface area contributed by atoms with Crippen LogP contribution in [0.1, 0.15) is 6.42 Å². The van der Waals surface area contributed by atoms with Crippen molar-refractivity contribution in [2.24, 2.45) is 5.92 Å². The summed E-state index contributed by atoms with van der Waals surface area (Å²) >= 11 is 1.85. The van der Waals surface area contributed by atoms with Crippen LogP contribution in [0.4, 0.5) is 5.69 Å². The third-order valence-corrected chi connectivity index (χ3v) is 4.35. The summed E-state index contributed by atoms with van der Waals surface area (Å²) in [5.41, 5.74) is 1.68. The second-order valence-electron chi connectivity index (χ2n) is 4.43. The van der Waals surface area contributed by atoms with Gasteiger partial charge in [0.25, 0.3) is 0 Å². The molecular formula is C14H14N2OS. The number of pyridine rings is 1. The smallest absolute Gasteiger partial charge is 0.228 e. The van der Waals surface area contributed by atoms with Gasteiger partial charge in [0.15, 0.2) is 0 Å². The van der Waals surface area contributed by atoms with E-state index in [2.05, 4.69) is 10.3 Å². The number of benzene rings is 1. The Labute approximate surface area is 110 Å². The highest BCUT2D eigenvalue weighted by Crippen LogP contribution is 2.26. The van der Waals surface area contributed by atoms with Crippen LogP contribution in [0, 0.1) is 5.92 Å². The maximum Gasteiger partial charge on any atom is 0.228 e. The van der Waals surface area contributed by atoms with Crippen LogP contribution in [-0.2, 0) is 4.79 Å². The quantitative estimate of drug-likeness (QED) is 0.900. The molecule has 1 aromatic carbocycles. The number of fused-ring (bicyclic) bond motifs is 1. The van der Waals surface area contributed by atoms with Crippen LogP contribution in [0.25, 0.3) is 10.9 Å². The van der Waals surface area contributed by atoms with E-state index in [4.69, 9.17) is 0 Å². The highest BCUT2D eigenvalue weighted by atomic mass is 32.2. The molecule has 1 amide bonds. The van der Waals surface area contributed by atoms with Crippen LogP contribution in [0.2, 0.25) is 0 Å². The standard InChI is InChI=1S/C14H14N2OS/c17-14(11-6-8-18-9-11)16-12-5-1-3-10-4-2-7-15-13(10)12/h1-5,7,11H,6,8-9H2,(H,16,17). The lowest BCUT2D eigenvalue weighted by molar-refractivity contribution is -0.119. The SMILES string of the molecule is O=C(Nc1cccc2cccnc12)C1CCSC1. The fourth-order valence-electron chi connectivity index (χ4n) is 2.18. The molecule has 2 heterocycles. The van der Waals surface area contributed by atoms with E-state index < -0.39 is 0 Å². The van der Waals surface area contributed by atoms with E-state index in [1.165, 1.54) is 0 Å². The average molecular weight is 258 g/mol. The van der Waals surface area contributed by atoms with Gasteiger partial charge in [0.05, 0.1) is 11.2 Å². The van der Waals surface area contributed by atoms with E-state index in [1.807, 2.05) is 42.1 Å². The number of rotatable bonds is 2. The zero-order chi connectivity index (χ0) is 12.4. The number of nitrogens with zero attached hydrogens (tertiary/aromatic N) is 1. The normalized spacial score (nSPS) is 19.0. The third-order valence-electron chi connectivity index (χ3n) is 3.19. The average Bonchev–Trinajstić information content (AvgIpc) is 2.93. The Balaban J connectivity index is 1.88. The highest BCUT2D eigenvalue weighted by molar-refractivity contribution is 7.99. The van der Waals surface area contributed by atoms with E-state index in [-0.39, 0.29) is 11.8 Å². The van der Waals surface area contributed by atoms with Crippen LogP contribution in [0.5, 0.6) is 0 Å². The van der Waals surface area contributed by atoms with Crippen molar-refractivity contribution in [1.29, 1.82) is 0 Å². The molecule has 2 aromatic rings. The summed E-state index contributed by atoms with van der Waals surface area (Å²) in [7, 11) is 0. The number of para-hydroxylation sites is 1. The Morgan fingerprint density at radius 1 is 1.33 bits per heavy atom. The van der Waals surface area contributed by atoms with Gasteiger partial charge in [-0.15, -0.1) is 0 Å². The zero-order valence-electron chi connectivity index (χ0n) is 9.93. The second-order valence-corrected chi connectivity index (χ2v) is 5.58. The van der Waals surface area contributed by atoms with Crippen molar-refractivity contribution in [3.05, 3.63) is 36.5 Å². The molecule has 0 spiro atoms. The Hall–Kier alpha value is -1.55. The highest BCUT2D eigenvalue weighted by Gasteiger charge is 2.23. The van der Waals surface area contributed by atoms with Crippen molar-refractivity contribution in [2.75, 3.05) is 16.8 Å². The summed E-state index contributed by atoms with van der Waals surface area (Å²) in [6.45, 7) is 0. The molecule has 1 saturated heterocycles. The molecule has 1 aromatic heterocycles. The number of thioether (sulfide) groups is 1. The monoisotopic (exact) mass is 258 g/mol. The van der Waals surface area contributed by atoms with Crippen LogP contribution in [-0.4, -0.2) is 22.4 Å². The number of carbonyl (C=O) groups is 1. The second kappa shape index (κ2) is 4.98. The molecule has 1 N–H and O–H groups in total. The van der Waals surface area contributed by atoms with Gasteiger partial charge in [-0.3, -0.25) is 9.78 Å². The molecular weight excluding hydrogens is 244 g/mol. The zero-order valence-corrected chi connectivity index (χ0v) is 10.7. The number of carbonyl (C=O) groups excluding carboxylic acids is 1. The number of hydrogen-bond donors (Lipinski definition) is 1. The first kappa shape index (κ1) is 11.5. The summed E-state index contributed by atoms with van der Waals surface area (Å²) in [6, 6.07) is 9.77. The van der Waals surface area contributed by atoms with E-state index in [9.17, 15) is 4.79 Å². The molecule has 0 bridgehead atoms. The number of anilines is 1. The van der Waals surface area contributed by atoms with Crippen LogP contribution >= 0.6 is 11.8 Å². The Morgan fingerprint density at radius 2 is 2.22 bits per heavy atom. The molecule has 0 aliphatic carbocycles. The predicted molar refractivity (Wildman–Crippen MR) is 75.8 cm³/mol. The van der Waals surface area contributed by atoms with Gasteiger partial charge in [0.1, 0.15) is 0 Å². The molecule has 18 heavy (non-hydrogen) atoms. The largest absolute Gasteiger partial charge is 0.324 e. The summed E-state index contributed by atoms with van der Waals surface area (Å²) < 4.78 is 0. The predicted octanol–water partition coefficient (Wildman–Crippen LogP) is 2.93. The molecule has 1 aliphatic heterocycles. The third kappa shape index (κ3) is 2.20. The van der Waals surface area contributed by atoms with E-state index in [0.717, 1.165) is 34.5 Å². The maximum absolute atomic E-state index is 12.1. The molecule has 3 rings (SSSR count). The molecule has 4 heteroatoms. The maximum atomic E-state index is 12.1. The summed E-state index contributed by atoms with van der Waals surface area (Å²) in [5, 5.41) is 4.06. The topological polar surface area (TPSA) is 42.0 Å². The molecule has 0 saturated carbocycles. The van der Waals surface area contributed by atoms with Crippen molar-refractivity contribution in [2.45, 2.75) is 6.42 Å². The van der Waals surface area contributed by atoms with E-state index in [0.29, 0.717) is 0 Å². The number of hydrogen-bond acceptors (Lipinski definition) is 3. The molecule has 92 valence electrons. The number of nitrogens with one attached hydrogen (secondary N) is 1.